The van der Waals surface area contributed by atoms with Gasteiger partial charge in [0.2, 0.25) is 0 Å². The molecule has 0 saturated heterocycles. The lowest BCUT2D eigenvalue weighted by Gasteiger charge is -2.12. The van der Waals surface area contributed by atoms with Crippen LogP contribution in [0.5, 0.6) is 0 Å². The van der Waals surface area contributed by atoms with E-state index >= 15 is 0 Å². The number of nitrogens with zero attached hydrogens (tertiary/aromatic N) is 2. The minimum absolute atomic E-state index is 0.721. The summed E-state index contributed by atoms with van der Waals surface area (Å²) in [5.41, 5.74) is 17.9. The van der Waals surface area contributed by atoms with Crippen molar-refractivity contribution in [2.75, 3.05) is 11.5 Å². The van der Waals surface area contributed by atoms with Crippen LogP contribution in [0.2, 0.25) is 0 Å². The standard InChI is InChI=1S/C22H18N4S2/c23-21-15(17-9-1-3-13-25-17)7-5-11-19(21)27-28-20-12-6-8-16(22(20)24)18-10-2-4-14-26-18/h1-14H,23-24H2. The molecule has 6 heteroatoms. The molecule has 4 rings (SSSR count). The monoisotopic (exact) mass is 402 g/mol. The normalized spacial score (nSPS) is 10.7. The van der Waals surface area contributed by atoms with Crippen LogP contribution in [0.15, 0.2) is 95.0 Å². The van der Waals surface area contributed by atoms with E-state index in [9.17, 15) is 0 Å². The van der Waals surface area contributed by atoms with E-state index in [1.54, 1.807) is 34.0 Å². The van der Waals surface area contributed by atoms with Gasteiger partial charge >= 0.3 is 0 Å². The number of nitrogens with two attached hydrogens (primary N) is 2. The van der Waals surface area contributed by atoms with Gasteiger partial charge in [-0.15, -0.1) is 0 Å². The van der Waals surface area contributed by atoms with Crippen molar-refractivity contribution in [3.63, 3.8) is 0 Å². The van der Waals surface area contributed by atoms with Gasteiger partial charge in [0.1, 0.15) is 0 Å². The molecule has 4 N–H and O–H groups in total. The summed E-state index contributed by atoms with van der Waals surface area (Å²) < 4.78 is 0. The van der Waals surface area contributed by atoms with Crippen molar-refractivity contribution in [3.8, 4) is 22.5 Å². The lowest BCUT2D eigenvalue weighted by atomic mass is 10.1. The zero-order chi connectivity index (χ0) is 19.3. The first-order valence-corrected chi connectivity index (χ1v) is 10.8. The highest BCUT2D eigenvalue weighted by molar-refractivity contribution is 8.76. The fraction of sp³-hybridized carbons (Fsp3) is 0. The maximum absolute atomic E-state index is 6.42. The molecule has 4 aromatic rings. The van der Waals surface area contributed by atoms with E-state index < -0.39 is 0 Å². The molecular weight excluding hydrogens is 384 g/mol. The van der Waals surface area contributed by atoms with Crippen LogP contribution in [0.3, 0.4) is 0 Å². The van der Waals surface area contributed by atoms with E-state index in [-0.39, 0.29) is 0 Å². The number of pyridine rings is 2. The highest BCUT2D eigenvalue weighted by Crippen LogP contribution is 2.45. The first kappa shape index (κ1) is 18.4. The molecule has 0 saturated carbocycles. The van der Waals surface area contributed by atoms with Crippen molar-refractivity contribution in [2.45, 2.75) is 9.79 Å². The fourth-order valence-corrected chi connectivity index (χ4v) is 5.07. The van der Waals surface area contributed by atoms with Gasteiger partial charge in [0.25, 0.3) is 0 Å². The number of anilines is 2. The zero-order valence-corrected chi connectivity index (χ0v) is 16.6. The minimum Gasteiger partial charge on any atom is -0.397 e. The Bertz CT molecular complexity index is 997. The number of rotatable bonds is 5. The molecule has 0 aliphatic carbocycles. The Hall–Kier alpha value is -2.96. The van der Waals surface area contributed by atoms with Crippen LogP contribution in [0.4, 0.5) is 11.4 Å². The number of aromatic nitrogens is 2. The molecule has 2 aromatic carbocycles. The van der Waals surface area contributed by atoms with E-state index in [0.717, 1.165) is 43.7 Å². The van der Waals surface area contributed by atoms with E-state index in [0.29, 0.717) is 0 Å². The molecule has 0 spiro atoms. The topological polar surface area (TPSA) is 77.8 Å². The summed E-state index contributed by atoms with van der Waals surface area (Å²) in [6.07, 6.45) is 3.54. The van der Waals surface area contributed by atoms with Crippen molar-refractivity contribution in [3.05, 3.63) is 85.2 Å². The predicted octanol–water partition coefficient (Wildman–Crippen LogP) is 5.77. The first-order chi connectivity index (χ1) is 13.7. The van der Waals surface area contributed by atoms with Crippen LogP contribution >= 0.6 is 21.6 Å². The average molecular weight is 403 g/mol. The second-order valence-electron chi connectivity index (χ2n) is 6.03. The van der Waals surface area contributed by atoms with E-state index in [1.165, 1.54) is 0 Å². The second kappa shape index (κ2) is 8.37. The molecule has 138 valence electrons. The van der Waals surface area contributed by atoms with Gasteiger partial charge in [-0.05, 0) is 36.4 Å². The Morgan fingerprint density at radius 3 is 1.39 bits per heavy atom. The summed E-state index contributed by atoms with van der Waals surface area (Å²) in [6.45, 7) is 0. The van der Waals surface area contributed by atoms with Crippen molar-refractivity contribution >= 4 is 33.0 Å². The molecule has 0 radical (unpaired) electrons. The highest BCUT2D eigenvalue weighted by Gasteiger charge is 2.12. The third-order valence-electron chi connectivity index (χ3n) is 4.24. The fourth-order valence-electron chi connectivity index (χ4n) is 2.81. The molecule has 2 heterocycles. The Kier molecular flexibility index (Phi) is 5.50. The summed E-state index contributed by atoms with van der Waals surface area (Å²) in [6, 6.07) is 23.6. The quantitative estimate of drug-likeness (QED) is 0.326. The van der Waals surface area contributed by atoms with Crippen molar-refractivity contribution < 1.29 is 0 Å². The second-order valence-corrected chi connectivity index (χ2v) is 8.24. The molecule has 0 atom stereocenters. The number of hydrogen-bond donors (Lipinski definition) is 2. The summed E-state index contributed by atoms with van der Waals surface area (Å²) in [4.78, 5) is 10.8. The Morgan fingerprint density at radius 2 is 1.00 bits per heavy atom. The van der Waals surface area contributed by atoms with Gasteiger partial charge in [-0.3, -0.25) is 9.97 Å². The third kappa shape index (κ3) is 3.83. The third-order valence-corrected chi connectivity index (χ3v) is 6.72. The summed E-state index contributed by atoms with van der Waals surface area (Å²) in [5.74, 6) is 0. The van der Waals surface area contributed by atoms with Crippen molar-refractivity contribution in [2.24, 2.45) is 0 Å². The summed E-state index contributed by atoms with van der Waals surface area (Å²) >= 11 is 0. The number of nitrogen functional groups attached to an aromatic ring is 2. The molecule has 2 aromatic heterocycles. The minimum atomic E-state index is 0.721. The van der Waals surface area contributed by atoms with Gasteiger partial charge in [-0.25, -0.2) is 0 Å². The lowest BCUT2D eigenvalue weighted by molar-refractivity contribution is 1.31. The van der Waals surface area contributed by atoms with Crippen LogP contribution in [-0.2, 0) is 0 Å². The van der Waals surface area contributed by atoms with Gasteiger partial charge in [0.05, 0.1) is 22.8 Å². The Balaban J connectivity index is 1.59. The van der Waals surface area contributed by atoms with Gasteiger partial charge in [0.15, 0.2) is 0 Å². The lowest BCUT2D eigenvalue weighted by Crippen LogP contribution is -1.95. The number of hydrogen-bond acceptors (Lipinski definition) is 6. The number of benzene rings is 2. The Labute approximate surface area is 171 Å². The van der Waals surface area contributed by atoms with Crippen LogP contribution in [0, 0.1) is 0 Å². The maximum atomic E-state index is 6.42. The van der Waals surface area contributed by atoms with Gasteiger partial charge in [-0.2, -0.15) is 0 Å². The molecule has 28 heavy (non-hydrogen) atoms. The summed E-state index contributed by atoms with van der Waals surface area (Å²) in [5, 5.41) is 0. The van der Waals surface area contributed by atoms with Crippen LogP contribution in [0.25, 0.3) is 22.5 Å². The zero-order valence-electron chi connectivity index (χ0n) is 14.9. The van der Waals surface area contributed by atoms with E-state index in [1.807, 2.05) is 72.8 Å². The van der Waals surface area contributed by atoms with Crippen molar-refractivity contribution in [1.29, 1.82) is 0 Å². The molecule has 0 bridgehead atoms. The molecule has 0 unspecified atom stereocenters. The van der Waals surface area contributed by atoms with E-state index in [2.05, 4.69) is 9.97 Å². The first-order valence-electron chi connectivity index (χ1n) is 8.68. The Morgan fingerprint density at radius 1 is 0.536 bits per heavy atom. The molecule has 0 amide bonds. The molecule has 0 aliphatic heterocycles. The molecule has 4 nitrogen and oxygen atoms in total. The summed E-state index contributed by atoms with van der Waals surface area (Å²) in [7, 11) is 3.18. The molecular formula is C22H18N4S2. The number of para-hydroxylation sites is 2. The van der Waals surface area contributed by atoms with Crippen LogP contribution < -0.4 is 11.5 Å². The largest absolute Gasteiger partial charge is 0.397 e. The van der Waals surface area contributed by atoms with Crippen LogP contribution in [0.1, 0.15) is 0 Å². The maximum Gasteiger partial charge on any atom is 0.0723 e. The molecule has 0 fully saturated rings. The van der Waals surface area contributed by atoms with Gasteiger partial charge in [-0.1, -0.05) is 58.0 Å². The average Bonchev–Trinajstić information content (AvgIpc) is 2.75. The SMILES string of the molecule is Nc1c(SSc2cccc(-c3ccccn3)c2N)cccc1-c1ccccn1. The smallest absolute Gasteiger partial charge is 0.0723 e. The van der Waals surface area contributed by atoms with Crippen LogP contribution in [-0.4, -0.2) is 9.97 Å². The molecule has 0 aliphatic rings. The highest BCUT2D eigenvalue weighted by atomic mass is 33.1. The van der Waals surface area contributed by atoms with Gasteiger partial charge in [0, 0.05) is 33.3 Å². The van der Waals surface area contributed by atoms with E-state index in [4.69, 9.17) is 11.5 Å². The predicted molar refractivity (Wildman–Crippen MR) is 120 cm³/mol. The van der Waals surface area contributed by atoms with Crippen molar-refractivity contribution in [1.82, 2.24) is 9.97 Å². The van der Waals surface area contributed by atoms with Gasteiger partial charge < -0.3 is 11.5 Å².